The second-order valence-corrected chi connectivity index (χ2v) is 5.85. The fourth-order valence-electron chi connectivity index (χ4n) is 2.75. The molecule has 1 fully saturated rings. The van der Waals surface area contributed by atoms with E-state index in [0.717, 1.165) is 17.0 Å². The first-order valence-electron chi connectivity index (χ1n) is 7.34. The number of carbonyl (C=O) groups is 1. The van der Waals surface area contributed by atoms with E-state index in [2.05, 4.69) is 21.2 Å². The van der Waals surface area contributed by atoms with Gasteiger partial charge in [0.05, 0.1) is 6.61 Å². The Labute approximate surface area is 129 Å². The molecule has 1 saturated carbocycles. The Morgan fingerprint density at radius 3 is 2.80 bits per heavy atom. The molecule has 1 aromatic rings. The van der Waals surface area contributed by atoms with Crippen LogP contribution in [0, 0.1) is 5.92 Å². The molecule has 2 rings (SSSR count). The zero-order valence-corrected chi connectivity index (χ0v) is 13.5. The van der Waals surface area contributed by atoms with Crippen molar-refractivity contribution in [2.24, 2.45) is 5.92 Å². The van der Waals surface area contributed by atoms with Gasteiger partial charge in [0.2, 0.25) is 5.91 Å². The Hall–Kier alpha value is -1.03. The minimum atomic E-state index is 0.126. The molecule has 110 valence electrons. The highest BCUT2D eigenvalue weighted by Gasteiger charge is 2.18. The predicted octanol–water partition coefficient (Wildman–Crippen LogP) is 4.50. The van der Waals surface area contributed by atoms with Gasteiger partial charge in [-0.25, -0.2) is 0 Å². The summed E-state index contributed by atoms with van der Waals surface area (Å²) in [4.78, 5) is 12.0. The van der Waals surface area contributed by atoms with Crippen LogP contribution in [0.3, 0.4) is 0 Å². The molecule has 0 spiro atoms. The Kier molecular flexibility index (Phi) is 5.89. The molecule has 0 radical (unpaired) electrons. The Morgan fingerprint density at radius 1 is 1.40 bits per heavy atom. The fraction of sp³-hybridized carbons (Fsp3) is 0.562. The van der Waals surface area contributed by atoms with Crippen LogP contribution in [0.4, 0.5) is 5.69 Å². The van der Waals surface area contributed by atoms with Crippen molar-refractivity contribution in [2.75, 3.05) is 11.9 Å². The van der Waals surface area contributed by atoms with E-state index in [1.807, 2.05) is 25.1 Å². The number of ether oxygens (including phenoxy) is 1. The maximum Gasteiger partial charge on any atom is 0.224 e. The summed E-state index contributed by atoms with van der Waals surface area (Å²) in [6, 6.07) is 5.81. The van der Waals surface area contributed by atoms with Gasteiger partial charge in [-0.1, -0.05) is 28.8 Å². The molecule has 0 bridgehead atoms. The third-order valence-corrected chi connectivity index (χ3v) is 4.34. The smallest absolute Gasteiger partial charge is 0.224 e. The van der Waals surface area contributed by atoms with Gasteiger partial charge in [-0.2, -0.15) is 0 Å². The highest BCUT2D eigenvalue weighted by molar-refractivity contribution is 9.08. The minimum absolute atomic E-state index is 0.126. The summed E-state index contributed by atoms with van der Waals surface area (Å²) in [6.07, 6.45) is 5.59. The number of nitrogens with one attached hydrogen (secondary N) is 1. The fourth-order valence-corrected chi connectivity index (χ4v) is 3.18. The van der Waals surface area contributed by atoms with E-state index < -0.39 is 0 Å². The van der Waals surface area contributed by atoms with E-state index in [0.29, 0.717) is 24.3 Å². The van der Waals surface area contributed by atoms with E-state index in [1.165, 1.54) is 25.7 Å². The van der Waals surface area contributed by atoms with E-state index >= 15 is 0 Å². The standard InChI is InChI=1S/C16H22BrNO2/c1-2-20-15-8-7-14(10-13(15)11-17)18-16(19)9-12-5-3-4-6-12/h7-8,10,12H,2-6,9,11H2,1H3,(H,18,19). The number of halogens is 1. The molecule has 0 saturated heterocycles. The normalized spacial score (nSPS) is 15.3. The van der Waals surface area contributed by atoms with Crippen LogP contribution in [0.25, 0.3) is 0 Å². The van der Waals surface area contributed by atoms with Crippen molar-refractivity contribution in [3.63, 3.8) is 0 Å². The topological polar surface area (TPSA) is 38.3 Å². The lowest BCUT2D eigenvalue weighted by molar-refractivity contribution is -0.117. The molecule has 0 unspecified atom stereocenters. The van der Waals surface area contributed by atoms with Crippen molar-refractivity contribution in [1.82, 2.24) is 0 Å². The van der Waals surface area contributed by atoms with E-state index in [-0.39, 0.29) is 5.91 Å². The molecule has 0 atom stereocenters. The van der Waals surface area contributed by atoms with Gasteiger partial charge in [-0.05, 0) is 43.9 Å². The molecule has 0 aliphatic heterocycles. The average molecular weight is 340 g/mol. The van der Waals surface area contributed by atoms with Crippen molar-refractivity contribution in [2.45, 2.75) is 44.4 Å². The maximum atomic E-state index is 12.0. The number of carbonyl (C=O) groups excluding carboxylic acids is 1. The lowest BCUT2D eigenvalue weighted by atomic mass is 10.0. The quantitative estimate of drug-likeness (QED) is 0.775. The maximum absolute atomic E-state index is 12.0. The molecule has 4 heteroatoms. The molecule has 20 heavy (non-hydrogen) atoms. The monoisotopic (exact) mass is 339 g/mol. The molecule has 1 N–H and O–H groups in total. The number of benzene rings is 1. The summed E-state index contributed by atoms with van der Waals surface area (Å²) in [5.41, 5.74) is 1.91. The first-order valence-corrected chi connectivity index (χ1v) is 8.46. The van der Waals surface area contributed by atoms with Crippen LogP contribution < -0.4 is 10.1 Å². The van der Waals surface area contributed by atoms with Crippen molar-refractivity contribution in [3.8, 4) is 5.75 Å². The first kappa shape index (κ1) is 15.4. The number of alkyl halides is 1. The number of hydrogen-bond acceptors (Lipinski definition) is 2. The van der Waals surface area contributed by atoms with Crippen LogP contribution in [0.2, 0.25) is 0 Å². The summed E-state index contributed by atoms with van der Waals surface area (Å²) < 4.78 is 5.55. The van der Waals surface area contributed by atoms with Crippen LogP contribution in [0.1, 0.15) is 44.6 Å². The minimum Gasteiger partial charge on any atom is -0.494 e. The molecule has 1 aliphatic carbocycles. The van der Waals surface area contributed by atoms with E-state index in [1.54, 1.807) is 0 Å². The highest BCUT2D eigenvalue weighted by Crippen LogP contribution is 2.29. The molecule has 0 aromatic heterocycles. The SMILES string of the molecule is CCOc1ccc(NC(=O)CC2CCCC2)cc1CBr. The number of rotatable bonds is 6. The van der Waals surface area contributed by atoms with Gasteiger partial charge in [-0.15, -0.1) is 0 Å². The summed E-state index contributed by atoms with van der Waals surface area (Å²) in [6.45, 7) is 2.61. The molecular formula is C16H22BrNO2. The van der Waals surface area contributed by atoms with Crippen LogP contribution in [0.15, 0.2) is 18.2 Å². The second-order valence-electron chi connectivity index (χ2n) is 5.29. The van der Waals surface area contributed by atoms with Crippen molar-refractivity contribution in [3.05, 3.63) is 23.8 Å². The van der Waals surface area contributed by atoms with Crippen LogP contribution in [-0.2, 0) is 10.1 Å². The number of amides is 1. The van der Waals surface area contributed by atoms with Crippen molar-refractivity contribution in [1.29, 1.82) is 0 Å². The van der Waals surface area contributed by atoms with Crippen molar-refractivity contribution < 1.29 is 9.53 Å². The van der Waals surface area contributed by atoms with Gasteiger partial charge >= 0.3 is 0 Å². The lowest BCUT2D eigenvalue weighted by Gasteiger charge is -2.13. The molecule has 1 aromatic carbocycles. The predicted molar refractivity (Wildman–Crippen MR) is 85.4 cm³/mol. The summed E-state index contributed by atoms with van der Waals surface area (Å²) in [7, 11) is 0. The molecular weight excluding hydrogens is 318 g/mol. The van der Waals surface area contributed by atoms with Crippen LogP contribution in [-0.4, -0.2) is 12.5 Å². The van der Waals surface area contributed by atoms with E-state index in [9.17, 15) is 4.79 Å². The molecule has 1 aliphatic rings. The average Bonchev–Trinajstić information content (AvgIpc) is 2.93. The van der Waals surface area contributed by atoms with Gasteiger partial charge in [-0.3, -0.25) is 4.79 Å². The van der Waals surface area contributed by atoms with E-state index in [4.69, 9.17) is 4.74 Å². The Morgan fingerprint density at radius 2 is 2.15 bits per heavy atom. The molecule has 3 nitrogen and oxygen atoms in total. The van der Waals surface area contributed by atoms with Gasteiger partial charge < -0.3 is 10.1 Å². The second kappa shape index (κ2) is 7.67. The van der Waals surface area contributed by atoms with Gasteiger partial charge in [0, 0.05) is 23.0 Å². The summed E-state index contributed by atoms with van der Waals surface area (Å²) in [5, 5.41) is 3.71. The Balaban J connectivity index is 1.96. The molecule has 0 heterocycles. The molecule has 1 amide bonds. The zero-order valence-electron chi connectivity index (χ0n) is 12.0. The van der Waals surface area contributed by atoms with Crippen LogP contribution in [0.5, 0.6) is 5.75 Å². The zero-order chi connectivity index (χ0) is 14.4. The van der Waals surface area contributed by atoms with Gasteiger partial charge in [0.1, 0.15) is 5.75 Å². The third kappa shape index (κ3) is 4.23. The van der Waals surface area contributed by atoms with Crippen molar-refractivity contribution >= 4 is 27.5 Å². The van der Waals surface area contributed by atoms with Gasteiger partial charge in [0.25, 0.3) is 0 Å². The summed E-state index contributed by atoms with van der Waals surface area (Å²) >= 11 is 3.46. The third-order valence-electron chi connectivity index (χ3n) is 3.74. The summed E-state index contributed by atoms with van der Waals surface area (Å²) in [5.74, 6) is 1.58. The first-order chi connectivity index (χ1) is 9.72. The largest absolute Gasteiger partial charge is 0.494 e. The van der Waals surface area contributed by atoms with Gasteiger partial charge in [0.15, 0.2) is 0 Å². The number of anilines is 1. The number of hydrogen-bond donors (Lipinski definition) is 1. The Bertz CT molecular complexity index is 456. The lowest BCUT2D eigenvalue weighted by Crippen LogP contribution is -2.15. The van der Waals surface area contributed by atoms with Crippen LogP contribution >= 0.6 is 15.9 Å². The highest BCUT2D eigenvalue weighted by atomic mass is 79.9.